The van der Waals surface area contributed by atoms with Crippen LogP contribution in [0.4, 0.5) is 0 Å². The first-order chi connectivity index (χ1) is 6.33. The Bertz CT molecular complexity index is 473. The summed E-state index contributed by atoms with van der Waals surface area (Å²) in [5.74, 6) is 0. The van der Waals surface area contributed by atoms with Crippen LogP contribution in [0.25, 0.3) is 11.2 Å². The van der Waals surface area contributed by atoms with Crippen molar-refractivity contribution in [3.63, 3.8) is 0 Å². The molecule has 7 nitrogen and oxygen atoms in total. The molecule has 68 valence electrons. The zero-order chi connectivity index (χ0) is 9.26. The SMILES string of the molecule is O=c1[nH]cnc2c1nnn2CCO. The van der Waals surface area contributed by atoms with E-state index in [0.717, 1.165) is 0 Å². The van der Waals surface area contributed by atoms with Crippen LogP contribution in [0, 0.1) is 0 Å². The van der Waals surface area contributed by atoms with E-state index in [4.69, 9.17) is 5.11 Å². The third-order valence-electron chi connectivity index (χ3n) is 1.62. The summed E-state index contributed by atoms with van der Waals surface area (Å²) in [7, 11) is 0. The number of nitrogens with zero attached hydrogens (tertiary/aromatic N) is 4. The van der Waals surface area contributed by atoms with Crippen LogP contribution in [0.1, 0.15) is 0 Å². The standard InChI is InChI=1S/C6H7N5O2/c12-2-1-11-5-4(9-10-11)6(13)8-3-7-5/h3,12H,1-2H2,(H,7,8,13). The first-order valence-electron chi connectivity index (χ1n) is 3.70. The number of hydrogen-bond acceptors (Lipinski definition) is 5. The van der Waals surface area contributed by atoms with Crippen LogP contribution >= 0.6 is 0 Å². The topological polar surface area (TPSA) is 96.7 Å². The van der Waals surface area contributed by atoms with Crippen LogP contribution in [-0.2, 0) is 6.54 Å². The second kappa shape index (κ2) is 2.94. The summed E-state index contributed by atoms with van der Waals surface area (Å²) in [5, 5.41) is 16.0. The predicted molar refractivity (Wildman–Crippen MR) is 43.0 cm³/mol. The highest BCUT2D eigenvalue weighted by Gasteiger charge is 2.07. The van der Waals surface area contributed by atoms with Crippen LogP contribution in [0.3, 0.4) is 0 Å². The van der Waals surface area contributed by atoms with Crippen molar-refractivity contribution >= 4 is 11.2 Å². The van der Waals surface area contributed by atoms with E-state index in [0.29, 0.717) is 5.65 Å². The molecule has 2 aromatic heterocycles. The Labute approximate surface area is 72.0 Å². The molecule has 0 aliphatic carbocycles. The van der Waals surface area contributed by atoms with Gasteiger partial charge in [-0.1, -0.05) is 5.21 Å². The summed E-state index contributed by atoms with van der Waals surface area (Å²) in [5.41, 5.74) is 0.253. The van der Waals surface area contributed by atoms with Gasteiger partial charge in [0.05, 0.1) is 19.5 Å². The van der Waals surface area contributed by atoms with Crippen molar-refractivity contribution in [3.05, 3.63) is 16.7 Å². The normalized spacial score (nSPS) is 10.8. The Kier molecular flexibility index (Phi) is 1.78. The molecule has 2 aromatic rings. The Morgan fingerprint density at radius 2 is 2.46 bits per heavy atom. The molecule has 0 atom stereocenters. The lowest BCUT2D eigenvalue weighted by molar-refractivity contribution is 0.270. The molecule has 0 aromatic carbocycles. The van der Waals surface area contributed by atoms with E-state index in [2.05, 4.69) is 20.3 Å². The van der Waals surface area contributed by atoms with Crippen LogP contribution in [-0.4, -0.2) is 36.7 Å². The molecule has 7 heteroatoms. The molecule has 0 spiro atoms. The number of fused-ring (bicyclic) bond motifs is 1. The van der Waals surface area contributed by atoms with Gasteiger partial charge in [-0.3, -0.25) is 4.79 Å². The number of aromatic nitrogens is 5. The Morgan fingerprint density at radius 1 is 1.62 bits per heavy atom. The largest absolute Gasteiger partial charge is 0.394 e. The van der Waals surface area contributed by atoms with Crippen molar-refractivity contribution in [2.45, 2.75) is 6.54 Å². The minimum atomic E-state index is -0.325. The Balaban J connectivity index is 2.68. The summed E-state index contributed by atoms with van der Waals surface area (Å²) in [4.78, 5) is 17.4. The lowest BCUT2D eigenvalue weighted by atomic mass is 10.5. The molecule has 13 heavy (non-hydrogen) atoms. The first-order valence-corrected chi connectivity index (χ1v) is 3.70. The highest BCUT2D eigenvalue weighted by atomic mass is 16.3. The van der Waals surface area contributed by atoms with Gasteiger partial charge < -0.3 is 10.1 Å². The summed E-state index contributed by atoms with van der Waals surface area (Å²) in [6.45, 7) is 0.222. The van der Waals surface area contributed by atoms with Gasteiger partial charge in [0.1, 0.15) is 0 Å². The van der Waals surface area contributed by atoms with Crippen LogP contribution in [0.5, 0.6) is 0 Å². The molecular weight excluding hydrogens is 174 g/mol. The molecule has 0 bridgehead atoms. The maximum atomic E-state index is 11.1. The van der Waals surface area contributed by atoms with Crippen LogP contribution < -0.4 is 5.56 Å². The Hall–Kier alpha value is -1.76. The number of aromatic amines is 1. The zero-order valence-corrected chi connectivity index (χ0v) is 6.64. The molecule has 0 radical (unpaired) electrons. The maximum Gasteiger partial charge on any atom is 0.280 e. The van der Waals surface area contributed by atoms with Gasteiger partial charge in [0, 0.05) is 0 Å². The van der Waals surface area contributed by atoms with E-state index >= 15 is 0 Å². The highest BCUT2D eigenvalue weighted by Crippen LogP contribution is 1.99. The van der Waals surface area contributed by atoms with E-state index in [1.54, 1.807) is 0 Å². The smallest absolute Gasteiger partial charge is 0.280 e. The molecule has 0 saturated carbocycles. The third-order valence-corrected chi connectivity index (χ3v) is 1.62. The van der Waals surface area contributed by atoms with E-state index in [-0.39, 0.29) is 24.2 Å². The second-order valence-electron chi connectivity index (χ2n) is 2.44. The van der Waals surface area contributed by atoms with Gasteiger partial charge in [-0.25, -0.2) is 9.67 Å². The number of nitrogens with one attached hydrogen (secondary N) is 1. The summed E-state index contributed by atoms with van der Waals surface area (Å²) in [6, 6.07) is 0. The van der Waals surface area contributed by atoms with Crippen molar-refractivity contribution in [2.75, 3.05) is 6.61 Å². The van der Waals surface area contributed by atoms with Crippen molar-refractivity contribution < 1.29 is 5.11 Å². The molecule has 0 fully saturated rings. The molecular formula is C6H7N5O2. The van der Waals surface area contributed by atoms with E-state index in [1.165, 1.54) is 11.0 Å². The zero-order valence-electron chi connectivity index (χ0n) is 6.64. The van der Waals surface area contributed by atoms with Crippen molar-refractivity contribution in [1.82, 2.24) is 25.0 Å². The minimum absolute atomic E-state index is 0.0626. The fraction of sp³-hybridized carbons (Fsp3) is 0.333. The number of H-pyrrole nitrogens is 1. The predicted octanol–water partition coefficient (Wildman–Crippen LogP) is -1.49. The molecule has 0 aliphatic heterocycles. The molecule has 2 heterocycles. The first kappa shape index (κ1) is 7.87. The molecule has 2 N–H and O–H groups in total. The van der Waals surface area contributed by atoms with Gasteiger partial charge in [-0.15, -0.1) is 5.10 Å². The lowest BCUT2D eigenvalue weighted by Gasteiger charge is -1.95. The Morgan fingerprint density at radius 3 is 3.23 bits per heavy atom. The van der Waals surface area contributed by atoms with Crippen LogP contribution in [0.2, 0.25) is 0 Å². The highest BCUT2D eigenvalue weighted by molar-refractivity contribution is 5.67. The van der Waals surface area contributed by atoms with Crippen LogP contribution in [0.15, 0.2) is 11.1 Å². The molecule has 2 rings (SSSR count). The van der Waals surface area contributed by atoms with E-state index in [1.807, 2.05) is 0 Å². The van der Waals surface area contributed by atoms with Gasteiger partial charge in [0.25, 0.3) is 5.56 Å². The van der Waals surface area contributed by atoms with Crippen molar-refractivity contribution in [3.8, 4) is 0 Å². The van der Waals surface area contributed by atoms with Crippen molar-refractivity contribution in [2.24, 2.45) is 0 Å². The van der Waals surface area contributed by atoms with Gasteiger partial charge in [-0.2, -0.15) is 0 Å². The monoisotopic (exact) mass is 181 g/mol. The lowest BCUT2D eigenvalue weighted by Crippen LogP contribution is -2.08. The molecule has 0 amide bonds. The third kappa shape index (κ3) is 1.18. The summed E-state index contributed by atoms with van der Waals surface area (Å²) < 4.78 is 1.38. The van der Waals surface area contributed by atoms with Gasteiger partial charge in [0.2, 0.25) is 0 Å². The minimum Gasteiger partial charge on any atom is -0.394 e. The number of rotatable bonds is 2. The average Bonchev–Trinajstić information content (AvgIpc) is 2.51. The number of aliphatic hydroxyl groups excluding tert-OH is 1. The molecule has 0 unspecified atom stereocenters. The average molecular weight is 181 g/mol. The fourth-order valence-corrected chi connectivity index (χ4v) is 1.05. The van der Waals surface area contributed by atoms with Gasteiger partial charge >= 0.3 is 0 Å². The maximum absolute atomic E-state index is 11.1. The van der Waals surface area contributed by atoms with Crippen molar-refractivity contribution in [1.29, 1.82) is 0 Å². The summed E-state index contributed by atoms with van der Waals surface area (Å²) >= 11 is 0. The number of aliphatic hydroxyl groups is 1. The quantitative estimate of drug-likeness (QED) is 0.588. The van der Waals surface area contributed by atoms with E-state index < -0.39 is 0 Å². The molecule has 0 aliphatic rings. The van der Waals surface area contributed by atoms with E-state index in [9.17, 15) is 4.79 Å². The molecule has 0 saturated heterocycles. The number of hydrogen-bond donors (Lipinski definition) is 2. The fourth-order valence-electron chi connectivity index (χ4n) is 1.05. The van der Waals surface area contributed by atoms with Gasteiger partial charge in [-0.05, 0) is 0 Å². The second-order valence-corrected chi connectivity index (χ2v) is 2.44. The summed E-state index contributed by atoms with van der Waals surface area (Å²) in [6.07, 6.45) is 1.28. The van der Waals surface area contributed by atoms with Gasteiger partial charge in [0.15, 0.2) is 11.2 Å².